The molecule has 2 aromatic rings. The Morgan fingerprint density at radius 3 is 2.24 bits per heavy atom. The number of nitrogens with one attached hydrogen (secondary N) is 2. The van der Waals surface area contributed by atoms with Crippen molar-refractivity contribution in [3.8, 4) is 11.1 Å². The molecule has 2 nitrogen and oxygen atoms in total. The average molecular weight is 405 g/mol. The molecule has 2 aromatic carbocycles. The molecule has 1 saturated carbocycles. The number of halogens is 3. The number of aryl methyl sites for hydroxylation is 1. The van der Waals surface area contributed by atoms with Crippen molar-refractivity contribution >= 4 is 0 Å². The van der Waals surface area contributed by atoms with Crippen molar-refractivity contribution < 1.29 is 13.2 Å². The molecule has 0 spiro atoms. The molecular formula is C24H31F3N2. The average Bonchev–Trinajstić information content (AvgIpc) is 3.54. The summed E-state index contributed by atoms with van der Waals surface area (Å²) in [6.45, 7) is 5.69. The molecule has 0 radical (unpaired) electrons. The van der Waals surface area contributed by atoms with E-state index in [4.69, 9.17) is 0 Å². The molecule has 1 saturated heterocycles. The molecule has 29 heavy (non-hydrogen) atoms. The molecule has 158 valence electrons. The van der Waals surface area contributed by atoms with Gasteiger partial charge in [0.25, 0.3) is 0 Å². The van der Waals surface area contributed by atoms with Crippen LogP contribution in [0.15, 0.2) is 48.5 Å². The summed E-state index contributed by atoms with van der Waals surface area (Å²) in [5.41, 5.74) is 1.85. The van der Waals surface area contributed by atoms with Gasteiger partial charge in [-0.05, 0) is 87.8 Å². The zero-order valence-corrected chi connectivity index (χ0v) is 17.1. The minimum Gasteiger partial charge on any atom is -0.317 e. The van der Waals surface area contributed by atoms with E-state index in [0.717, 1.165) is 29.2 Å². The molecule has 0 aromatic heterocycles. The van der Waals surface area contributed by atoms with Gasteiger partial charge in [-0.1, -0.05) is 42.0 Å². The molecule has 1 aliphatic heterocycles. The minimum atomic E-state index is -4.29. The first-order valence-corrected chi connectivity index (χ1v) is 10.6. The Kier molecular flexibility index (Phi) is 7.73. The molecule has 2 N–H and O–H groups in total. The summed E-state index contributed by atoms with van der Waals surface area (Å²) in [4.78, 5) is 0. The lowest BCUT2D eigenvalue weighted by Gasteiger charge is -2.22. The van der Waals surface area contributed by atoms with Crippen molar-refractivity contribution in [2.75, 3.05) is 19.6 Å². The third-order valence-electron chi connectivity index (χ3n) is 5.60. The van der Waals surface area contributed by atoms with Gasteiger partial charge >= 0.3 is 6.18 Å². The summed E-state index contributed by atoms with van der Waals surface area (Å²) in [7, 11) is 0. The molecule has 2 aliphatic rings. The first kappa shape index (κ1) is 21.8. The molecule has 4 rings (SSSR count). The highest BCUT2D eigenvalue weighted by Crippen LogP contribution is 2.32. The highest BCUT2D eigenvalue weighted by molar-refractivity contribution is 5.64. The van der Waals surface area contributed by atoms with Crippen molar-refractivity contribution in [3.63, 3.8) is 0 Å². The second kappa shape index (κ2) is 10.3. The topological polar surface area (TPSA) is 24.1 Å². The summed E-state index contributed by atoms with van der Waals surface area (Å²) in [5, 5.41) is 6.99. The van der Waals surface area contributed by atoms with E-state index in [0.29, 0.717) is 5.56 Å². The summed E-state index contributed by atoms with van der Waals surface area (Å²) in [6, 6.07) is 13.7. The predicted octanol–water partition coefficient (Wildman–Crippen LogP) is 5.81. The van der Waals surface area contributed by atoms with E-state index in [1.807, 2.05) is 31.2 Å². The molecule has 5 heteroatoms. The smallest absolute Gasteiger partial charge is 0.317 e. The zero-order chi connectivity index (χ0) is 20.7. The summed E-state index contributed by atoms with van der Waals surface area (Å²) in [5.74, 6) is 0.998. The zero-order valence-electron chi connectivity index (χ0n) is 17.1. The molecule has 0 unspecified atom stereocenters. The van der Waals surface area contributed by atoms with E-state index in [1.165, 1.54) is 63.9 Å². The first-order chi connectivity index (χ1) is 13.9. The van der Waals surface area contributed by atoms with Gasteiger partial charge in [-0.15, -0.1) is 0 Å². The largest absolute Gasteiger partial charge is 0.416 e. The van der Waals surface area contributed by atoms with E-state index < -0.39 is 11.7 Å². The fourth-order valence-corrected chi connectivity index (χ4v) is 3.57. The maximum Gasteiger partial charge on any atom is 0.416 e. The SMILES string of the molecule is C1CC(CCNC2CC2)CCN1.Cc1ccc(-c2cccc(C(F)(F)F)c2)cc1. The van der Waals surface area contributed by atoms with Crippen molar-refractivity contribution in [1.82, 2.24) is 10.6 Å². The Morgan fingerprint density at radius 2 is 1.62 bits per heavy atom. The second-order valence-corrected chi connectivity index (χ2v) is 8.16. The predicted molar refractivity (Wildman–Crippen MR) is 113 cm³/mol. The van der Waals surface area contributed by atoms with Crippen molar-refractivity contribution in [2.45, 2.75) is 51.2 Å². The highest BCUT2D eigenvalue weighted by atomic mass is 19.4. The van der Waals surface area contributed by atoms with Crippen molar-refractivity contribution in [2.24, 2.45) is 5.92 Å². The van der Waals surface area contributed by atoms with Crippen LogP contribution in [-0.4, -0.2) is 25.7 Å². The van der Waals surface area contributed by atoms with Gasteiger partial charge in [0.05, 0.1) is 5.56 Å². The van der Waals surface area contributed by atoms with Crippen LogP contribution in [0.2, 0.25) is 0 Å². The van der Waals surface area contributed by atoms with Crippen molar-refractivity contribution in [1.29, 1.82) is 0 Å². The normalized spacial score (nSPS) is 17.5. The number of hydrogen-bond donors (Lipinski definition) is 2. The van der Waals surface area contributed by atoms with Crippen LogP contribution in [0.25, 0.3) is 11.1 Å². The minimum absolute atomic E-state index is 0.583. The third kappa shape index (κ3) is 7.48. The van der Waals surface area contributed by atoms with Crippen LogP contribution in [0, 0.1) is 12.8 Å². The van der Waals surface area contributed by atoms with E-state index in [9.17, 15) is 13.2 Å². The molecule has 0 bridgehead atoms. The Hall–Kier alpha value is -1.85. The lowest BCUT2D eigenvalue weighted by atomic mass is 9.95. The molecular weight excluding hydrogens is 373 g/mol. The van der Waals surface area contributed by atoms with Crippen LogP contribution in [-0.2, 0) is 6.18 Å². The summed E-state index contributed by atoms with van der Waals surface area (Å²) in [6.07, 6.45) is 2.75. The van der Waals surface area contributed by atoms with Gasteiger partial charge in [0.2, 0.25) is 0 Å². The van der Waals surface area contributed by atoms with Crippen molar-refractivity contribution in [3.05, 3.63) is 59.7 Å². The molecule has 0 atom stereocenters. The van der Waals surface area contributed by atoms with E-state index in [2.05, 4.69) is 10.6 Å². The number of piperidine rings is 1. The van der Waals surface area contributed by atoms with Crippen LogP contribution in [0.1, 0.15) is 43.2 Å². The number of hydrogen-bond acceptors (Lipinski definition) is 2. The lowest BCUT2D eigenvalue weighted by Crippen LogP contribution is -2.30. The Labute approximate surface area is 171 Å². The highest BCUT2D eigenvalue weighted by Gasteiger charge is 2.30. The molecule has 2 fully saturated rings. The number of rotatable bonds is 5. The van der Waals surface area contributed by atoms with Crippen LogP contribution in [0.5, 0.6) is 0 Å². The van der Waals surface area contributed by atoms with Crippen LogP contribution >= 0.6 is 0 Å². The van der Waals surface area contributed by atoms with Gasteiger partial charge in [0, 0.05) is 6.04 Å². The first-order valence-electron chi connectivity index (χ1n) is 10.6. The molecule has 0 amide bonds. The molecule has 1 heterocycles. The quantitative estimate of drug-likeness (QED) is 0.657. The fraction of sp³-hybridized carbons (Fsp3) is 0.500. The van der Waals surface area contributed by atoms with Crippen LogP contribution < -0.4 is 10.6 Å². The van der Waals surface area contributed by atoms with E-state index in [-0.39, 0.29) is 0 Å². The van der Waals surface area contributed by atoms with Gasteiger partial charge in [-0.3, -0.25) is 0 Å². The van der Waals surface area contributed by atoms with Crippen LogP contribution in [0.3, 0.4) is 0 Å². The molecule has 1 aliphatic carbocycles. The fourth-order valence-electron chi connectivity index (χ4n) is 3.57. The lowest BCUT2D eigenvalue weighted by molar-refractivity contribution is -0.137. The Bertz CT molecular complexity index is 745. The van der Waals surface area contributed by atoms with Gasteiger partial charge < -0.3 is 10.6 Å². The summed E-state index contributed by atoms with van der Waals surface area (Å²) < 4.78 is 37.6. The van der Waals surface area contributed by atoms with Crippen LogP contribution in [0.4, 0.5) is 13.2 Å². The van der Waals surface area contributed by atoms with Gasteiger partial charge in [-0.2, -0.15) is 13.2 Å². The van der Waals surface area contributed by atoms with E-state index >= 15 is 0 Å². The van der Waals surface area contributed by atoms with Gasteiger partial charge in [0.1, 0.15) is 0 Å². The number of benzene rings is 2. The Morgan fingerprint density at radius 1 is 0.931 bits per heavy atom. The van der Waals surface area contributed by atoms with Gasteiger partial charge in [0.15, 0.2) is 0 Å². The maximum atomic E-state index is 12.5. The van der Waals surface area contributed by atoms with Gasteiger partial charge in [-0.25, -0.2) is 0 Å². The Balaban J connectivity index is 0.000000176. The van der Waals surface area contributed by atoms with E-state index in [1.54, 1.807) is 6.07 Å². The number of alkyl halides is 3. The summed E-state index contributed by atoms with van der Waals surface area (Å²) >= 11 is 0. The maximum absolute atomic E-state index is 12.5. The monoisotopic (exact) mass is 404 g/mol. The standard InChI is InChI=1S/C14H11F3.C10H20N2/c1-10-5-7-11(8-6-10)12-3-2-4-13(9-12)14(15,16)17;1-2-10(1)12-8-5-9-3-6-11-7-4-9/h2-9H,1H3;9-12H,1-8H2. The second-order valence-electron chi connectivity index (χ2n) is 8.16. The third-order valence-corrected chi connectivity index (χ3v) is 5.60.